The van der Waals surface area contributed by atoms with Crippen molar-refractivity contribution in [2.24, 2.45) is 0 Å². The number of hydrogen-bond acceptors (Lipinski definition) is 4. The third-order valence-electron chi connectivity index (χ3n) is 3.49. The van der Waals surface area contributed by atoms with E-state index in [2.05, 4.69) is 22.2 Å². The van der Waals surface area contributed by atoms with Crippen molar-refractivity contribution in [3.63, 3.8) is 0 Å². The predicted molar refractivity (Wildman–Crippen MR) is 78.2 cm³/mol. The maximum absolute atomic E-state index is 12.0. The van der Waals surface area contributed by atoms with Gasteiger partial charge >= 0.3 is 0 Å². The fourth-order valence-electron chi connectivity index (χ4n) is 2.23. The molecule has 104 valence electrons. The third-order valence-corrected chi connectivity index (χ3v) is 3.49. The van der Waals surface area contributed by atoms with Gasteiger partial charge in [0, 0.05) is 37.6 Å². The van der Waals surface area contributed by atoms with Gasteiger partial charge in [0.25, 0.3) is 0 Å². The second-order valence-corrected chi connectivity index (χ2v) is 5.20. The van der Waals surface area contributed by atoms with Gasteiger partial charge in [-0.25, -0.2) is 0 Å². The van der Waals surface area contributed by atoms with E-state index >= 15 is 0 Å². The lowest BCUT2D eigenvalue weighted by Gasteiger charge is -2.31. The predicted octanol–water partition coefficient (Wildman–Crippen LogP) is 0.763. The maximum atomic E-state index is 12.0. The first-order valence-electron chi connectivity index (χ1n) is 6.61. The fourth-order valence-corrected chi connectivity index (χ4v) is 2.23. The van der Waals surface area contributed by atoms with Crippen LogP contribution in [0.3, 0.4) is 0 Å². The van der Waals surface area contributed by atoms with E-state index in [4.69, 9.17) is 5.73 Å². The molecule has 0 saturated carbocycles. The molecule has 1 aromatic rings. The number of rotatable bonds is 3. The minimum absolute atomic E-state index is 0.0393. The van der Waals surface area contributed by atoms with Crippen LogP contribution in [-0.2, 0) is 4.79 Å². The van der Waals surface area contributed by atoms with Crippen molar-refractivity contribution in [2.75, 3.05) is 50.8 Å². The molecule has 0 spiro atoms. The van der Waals surface area contributed by atoms with E-state index in [0.29, 0.717) is 6.54 Å². The Morgan fingerprint density at radius 2 is 2.00 bits per heavy atom. The van der Waals surface area contributed by atoms with E-state index < -0.39 is 0 Å². The molecule has 0 bridgehead atoms. The maximum Gasteiger partial charge on any atom is 0.238 e. The SMILES string of the molecule is Cc1cc(N)ccc1NC(=O)CN1CCN(C)CC1. The first-order chi connectivity index (χ1) is 9.04. The summed E-state index contributed by atoms with van der Waals surface area (Å²) >= 11 is 0. The summed E-state index contributed by atoms with van der Waals surface area (Å²) in [6.45, 7) is 6.34. The molecule has 1 aliphatic rings. The molecule has 0 aliphatic carbocycles. The highest BCUT2D eigenvalue weighted by Gasteiger charge is 2.16. The summed E-state index contributed by atoms with van der Waals surface area (Å²) in [7, 11) is 2.11. The molecule has 0 unspecified atom stereocenters. The van der Waals surface area contributed by atoms with Crippen molar-refractivity contribution in [2.45, 2.75) is 6.92 Å². The number of piperazine rings is 1. The Morgan fingerprint density at radius 3 is 2.63 bits per heavy atom. The van der Waals surface area contributed by atoms with Gasteiger partial charge in [-0.3, -0.25) is 9.69 Å². The normalized spacial score (nSPS) is 17.4. The summed E-state index contributed by atoms with van der Waals surface area (Å²) in [5.41, 5.74) is 8.25. The van der Waals surface area contributed by atoms with Crippen molar-refractivity contribution in [1.29, 1.82) is 0 Å². The van der Waals surface area contributed by atoms with Crippen LogP contribution in [0.15, 0.2) is 18.2 Å². The van der Waals surface area contributed by atoms with Crippen molar-refractivity contribution in [3.8, 4) is 0 Å². The number of anilines is 2. The van der Waals surface area contributed by atoms with Gasteiger partial charge in [0.2, 0.25) is 5.91 Å². The smallest absolute Gasteiger partial charge is 0.238 e. The fraction of sp³-hybridized carbons (Fsp3) is 0.500. The average molecular weight is 262 g/mol. The molecule has 0 aromatic heterocycles. The van der Waals surface area contributed by atoms with E-state index in [-0.39, 0.29) is 5.91 Å². The zero-order valence-corrected chi connectivity index (χ0v) is 11.6. The number of nitrogens with one attached hydrogen (secondary N) is 1. The molecular formula is C14H22N4O. The van der Waals surface area contributed by atoms with Crippen molar-refractivity contribution in [1.82, 2.24) is 9.80 Å². The number of hydrogen-bond donors (Lipinski definition) is 2. The molecule has 3 N–H and O–H groups in total. The molecule has 1 fully saturated rings. The average Bonchev–Trinajstić information content (AvgIpc) is 2.36. The summed E-state index contributed by atoms with van der Waals surface area (Å²) in [6.07, 6.45) is 0. The summed E-state index contributed by atoms with van der Waals surface area (Å²) in [5, 5.41) is 2.95. The lowest BCUT2D eigenvalue weighted by Crippen LogP contribution is -2.47. The van der Waals surface area contributed by atoms with Gasteiger partial charge in [0.15, 0.2) is 0 Å². The monoisotopic (exact) mass is 262 g/mol. The van der Waals surface area contributed by atoms with E-state index in [9.17, 15) is 4.79 Å². The minimum atomic E-state index is 0.0393. The molecule has 5 nitrogen and oxygen atoms in total. The molecule has 1 aromatic carbocycles. The Balaban J connectivity index is 1.87. The Labute approximate surface area is 114 Å². The van der Waals surface area contributed by atoms with Crippen LogP contribution in [0.5, 0.6) is 0 Å². The highest BCUT2D eigenvalue weighted by Crippen LogP contribution is 2.17. The van der Waals surface area contributed by atoms with E-state index in [0.717, 1.165) is 43.1 Å². The van der Waals surface area contributed by atoms with Crippen molar-refractivity contribution >= 4 is 17.3 Å². The van der Waals surface area contributed by atoms with Gasteiger partial charge in [0.1, 0.15) is 0 Å². The van der Waals surface area contributed by atoms with Crippen molar-refractivity contribution < 1.29 is 4.79 Å². The topological polar surface area (TPSA) is 61.6 Å². The Kier molecular flexibility index (Phi) is 4.39. The molecular weight excluding hydrogens is 240 g/mol. The standard InChI is InChI=1S/C14H22N4O/c1-11-9-12(15)3-4-13(11)16-14(19)10-18-7-5-17(2)6-8-18/h3-4,9H,5-8,10,15H2,1-2H3,(H,16,19). The van der Waals surface area contributed by atoms with Crippen LogP contribution in [0.4, 0.5) is 11.4 Å². The van der Waals surface area contributed by atoms with E-state index in [1.807, 2.05) is 19.1 Å². The highest BCUT2D eigenvalue weighted by molar-refractivity contribution is 5.93. The zero-order valence-electron chi connectivity index (χ0n) is 11.6. The van der Waals surface area contributed by atoms with Gasteiger partial charge in [-0.15, -0.1) is 0 Å². The highest BCUT2D eigenvalue weighted by atomic mass is 16.2. The lowest BCUT2D eigenvalue weighted by molar-refractivity contribution is -0.117. The van der Waals surface area contributed by atoms with Crippen LogP contribution >= 0.6 is 0 Å². The number of nitrogen functional groups attached to an aromatic ring is 1. The summed E-state index contributed by atoms with van der Waals surface area (Å²) in [6, 6.07) is 5.52. The quantitative estimate of drug-likeness (QED) is 0.790. The van der Waals surface area contributed by atoms with Crippen LogP contribution in [0.2, 0.25) is 0 Å². The van der Waals surface area contributed by atoms with Gasteiger partial charge in [0.05, 0.1) is 6.54 Å². The Bertz CT molecular complexity index is 453. The lowest BCUT2D eigenvalue weighted by atomic mass is 10.2. The van der Waals surface area contributed by atoms with Crippen LogP contribution < -0.4 is 11.1 Å². The number of benzene rings is 1. The number of carbonyl (C=O) groups excluding carboxylic acids is 1. The van der Waals surface area contributed by atoms with Crippen LogP contribution in [0, 0.1) is 6.92 Å². The number of nitrogens with zero attached hydrogens (tertiary/aromatic N) is 2. The second kappa shape index (κ2) is 6.04. The molecule has 1 heterocycles. The molecule has 2 rings (SSSR count). The largest absolute Gasteiger partial charge is 0.399 e. The molecule has 0 atom stereocenters. The number of nitrogens with two attached hydrogens (primary N) is 1. The molecule has 0 radical (unpaired) electrons. The zero-order chi connectivity index (χ0) is 13.8. The molecule has 1 aliphatic heterocycles. The van der Waals surface area contributed by atoms with Crippen LogP contribution in [0.1, 0.15) is 5.56 Å². The van der Waals surface area contributed by atoms with Crippen molar-refractivity contribution in [3.05, 3.63) is 23.8 Å². The van der Waals surface area contributed by atoms with Gasteiger partial charge in [-0.2, -0.15) is 0 Å². The Hall–Kier alpha value is -1.59. The number of amides is 1. The number of aryl methyl sites for hydroxylation is 1. The minimum Gasteiger partial charge on any atom is -0.399 e. The Morgan fingerprint density at radius 1 is 1.32 bits per heavy atom. The molecule has 1 amide bonds. The van der Waals surface area contributed by atoms with Crippen LogP contribution in [-0.4, -0.2) is 55.5 Å². The number of likely N-dealkylation sites (N-methyl/N-ethyl adjacent to an activating group) is 1. The third kappa shape index (κ3) is 3.94. The first-order valence-corrected chi connectivity index (χ1v) is 6.61. The first kappa shape index (κ1) is 13.8. The summed E-state index contributed by atoms with van der Waals surface area (Å²) < 4.78 is 0. The summed E-state index contributed by atoms with van der Waals surface area (Å²) in [4.78, 5) is 16.5. The summed E-state index contributed by atoms with van der Waals surface area (Å²) in [5.74, 6) is 0.0393. The van der Waals surface area contributed by atoms with E-state index in [1.54, 1.807) is 6.07 Å². The molecule has 1 saturated heterocycles. The molecule has 19 heavy (non-hydrogen) atoms. The van der Waals surface area contributed by atoms with Gasteiger partial charge < -0.3 is 16.0 Å². The van der Waals surface area contributed by atoms with Gasteiger partial charge in [-0.05, 0) is 37.7 Å². The van der Waals surface area contributed by atoms with Gasteiger partial charge in [-0.1, -0.05) is 0 Å². The number of carbonyl (C=O) groups is 1. The second-order valence-electron chi connectivity index (χ2n) is 5.20. The van der Waals surface area contributed by atoms with E-state index in [1.165, 1.54) is 0 Å². The molecule has 5 heteroatoms. The van der Waals surface area contributed by atoms with Crippen LogP contribution in [0.25, 0.3) is 0 Å².